The molecule has 0 N–H and O–H groups in total. The van der Waals surface area contributed by atoms with Crippen LogP contribution in [0.5, 0.6) is 0 Å². The molecule has 0 aromatic carbocycles. The molecule has 0 spiro atoms. The minimum absolute atomic E-state index is 0. The zero-order valence-corrected chi connectivity index (χ0v) is 31.8. The van der Waals surface area contributed by atoms with Crippen molar-refractivity contribution in [3.05, 3.63) is 0 Å². The van der Waals surface area contributed by atoms with Crippen molar-refractivity contribution in [1.82, 2.24) is 0 Å². The third kappa shape index (κ3) is 43.9. The summed E-state index contributed by atoms with van der Waals surface area (Å²) in [5.41, 5.74) is 0. The van der Waals surface area contributed by atoms with Gasteiger partial charge in [0.2, 0.25) is 0 Å². The maximum Gasteiger partial charge on any atom is 5.00 e. The number of aliphatic carboxylic acids is 10. The summed E-state index contributed by atoms with van der Waals surface area (Å²) in [6.07, 6.45) is -0.996. The van der Waals surface area contributed by atoms with Gasteiger partial charge in [0.15, 0.2) is 0 Å². The molecule has 22 heteroatoms. The van der Waals surface area contributed by atoms with Crippen molar-refractivity contribution < 1.29 is 136 Å². The van der Waals surface area contributed by atoms with Gasteiger partial charge < -0.3 is 99.0 Å². The number of hydrogen-bond donors (Lipinski definition) is 0. The second kappa shape index (κ2) is 38.1. The van der Waals surface area contributed by atoms with Crippen molar-refractivity contribution >= 4 is 59.7 Å². The first-order valence-corrected chi connectivity index (χ1v) is 14.9. The van der Waals surface area contributed by atoms with Crippen LogP contribution in [-0.2, 0) is 85.1 Å². The van der Waals surface area contributed by atoms with Crippen LogP contribution in [0.4, 0.5) is 0 Å². The maximum absolute atomic E-state index is 10.1. The topological polar surface area (TPSA) is 401 Å². The molecule has 0 aliphatic rings. The molecule has 0 aliphatic carbocycles. The zero-order chi connectivity index (χ0) is 40.7. The predicted octanol–water partition coefficient (Wildman–Crippen LogP) is -10.5. The van der Waals surface area contributed by atoms with Gasteiger partial charge in [-0.1, -0.05) is 34.6 Å². The van der Waals surface area contributed by atoms with E-state index in [4.69, 9.17) is 0 Å². The van der Waals surface area contributed by atoms with Gasteiger partial charge in [-0.25, -0.2) is 0 Å². The number of carbonyl (C=O) groups excluding carboxylic acids is 10. The number of carboxylic acid groups (broad SMARTS) is 10. The van der Waals surface area contributed by atoms with Crippen LogP contribution >= 0.6 is 0 Å². The molecule has 0 aromatic heterocycles. The molecule has 0 saturated heterocycles. The molecule has 0 heterocycles. The molecule has 0 amide bonds. The first-order chi connectivity index (χ1) is 22.9. The summed E-state index contributed by atoms with van der Waals surface area (Å²) in [5.74, 6) is -18.0. The maximum atomic E-state index is 10.1. The van der Waals surface area contributed by atoms with Gasteiger partial charge in [0.05, 0.1) is 0 Å². The van der Waals surface area contributed by atoms with E-state index in [9.17, 15) is 99.0 Å². The number of carboxylic acids is 10. The number of rotatable bonds is 20. The smallest absolute Gasteiger partial charge is 0.550 e. The minimum Gasteiger partial charge on any atom is -0.550 e. The third-order valence-electron chi connectivity index (χ3n) is 6.20. The summed E-state index contributed by atoms with van der Waals surface area (Å²) < 4.78 is 0. The Morgan fingerprint density at radius 3 is 0.404 bits per heavy atom. The first kappa shape index (κ1) is 63.0. The van der Waals surface area contributed by atoms with Gasteiger partial charge >= 0.3 is 37.1 Å². The van der Waals surface area contributed by atoms with Crippen molar-refractivity contribution in [3.8, 4) is 0 Å². The molecule has 20 nitrogen and oxygen atoms in total. The number of hydrogen-bond acceptors (Lipinski definition) is 20. The minimum atomic E-state index is -1.35. The molecule has 0 fully saturated rings. The molecule has 52 heavy (non-hydrogen) atoms. The number of carbonyl (C=O) groups is 10. The van der Waals surface area contributed by atoms with Gasteiger partial charge in [0.25, 0.3) is 0 Å². The first-order valence-electron chi connectivity index (χ1n) is 14.9. The van der Waals surface area contributed by atoms with E-state index in [0.29, 0.717) is 0 Å². The predicted molar refractivity (Wildman–Crippen MR) is 142 cm³/mol. The van der Waals surface area contributed by atoms with Gasteiger partial charge in [0.1, 0.15) is 0 Å². The van der Waals surface area contributed by atoms with E-state index in [-0.39, 0.29) is 69.2 Å². The Morgan fingerprint density at radius 1 is 0.288 bits per heavy atom. The van der Waals surface area contributed by atoms with Gasteiger partial charge in [-0.3, -0.25) is 0 Å². The van der Waals surface area contributed by atoms with Gasteiger partial charge in [0, 0.05) is 89.3 Å². The van der Waals surface area contributed by atoms with E-state index in [2.05, 4.69) is 0 Å². The quantitative estimate of drug-likeness (QED) is 0.110. The molecule has 0 aliphatic heterocycles. The fourth-order valence-corrected chi connectivity index (χ4v) is 2.98. The van der Waals surface area contributed by atoms with Gasteiger partial charge in [-0.15, -0.1) is 0 Å². The average Bonchev–Trinajstić information content (AvgIpc) is 2.98. The van der Waals surface area contributed by atoms with E-state index >= 15 is 0 Å². The van der Waals surface area contributed by atoms with E-state index < -0.39 is 121 Å². The standard InChI is InChI=1S/5C6H10O4.2V/c5*1-2-4(6(9)10)3-5(7)8;;/h5*4H,2-3H2,1H3,(H,7,8)(H,9,10);;/q;;;;;2*+5/p-10. The van der Waals surface area contributed by atoms with Crippen LogP contribution in [0.3, 0.4) is 0 Å². The van der Waals surface area contributed by atoms with Crippen LogP contribution < -0.4 is 51.1 Å². The fourth-order valence-electron chi connectivity index (χ4n) is 2.98. The summed E-state index contributed by atoms with van der Waals surface area (Å²) in [6, 6.07) is 0. The zero-order valence-electron chi connectivity index (χ0n) is 29.0. The SMILES string of the molecule is CCC(CC(=O)[O-])C(=O)[O-].CCC(CC(=O)[O-])C(=O)[O-].CCC(CC(=O)[O-])C(=O)[O-].CCC(CC(=O)[O-])C(=O)[O-].CCC(CC(=O)[O-])C(=O)[O-].[V+5].[V+5]. The third-order valence-corrected chi connectivity index (χ3v) is 6.20. The van der Waals surface area contributed by atoms with E-state index in [1.807, 2.05) is 0 Å². The molecule has 0 saturated carbocycles. The Morgan fingerprint density at radius 2 is 0.385 bits per heavy atom. The van der Waals surface area contributed by atoms with Crippen molar-refractivity contribution in [2.24, 2.45) is 29.6 Å². The molecule has 0 bridgehead atoms. The average molecular weight is 823 g/mol. The van der Waals surface area contributed by atoms with Crippen LogP contribution in [-0.4, -0.2) is 59.7 Å². The summed E-state index contributed by atoms with van der Waals surface area (Å²) in [4.78, 5) is 99.7. The van der Waals surface area contributed by atoms with Crippen LogP contribution in [0.2, 0.25) is 0 Å². The van der Waals surface area contributed by atoms with Crippen molar-refractivity contribution in [3.63, 3.8) is 0 Å². The molecule has 0 radical (unpaired) electrons. The summed E-state index contributed by atoms with van der Waals surface area (Å²) in [5, 5.41) is 99.7. The Kier molecular flexibility index (Phi) is 46.1. The Labute approximate surface area is 323 Å². The van der Waals surface area contributed by atoms with Crippen LogP contribution in [0.15, 0.2) is 0 Å². The summed E-state index contributed by atoms with van der Waals surface area (Å²) in [6.45, 7) is 7.93. The molecular weight excluding hydrogens is 782 g/mol. The van der Waals surface area contributed by atoms with Crippen molar-refractivity contribution in [2.45, 2.75) is 98.8 Å². The van der Waals surface area contributed by atoms with E-state index in [0.717, 1.165) is 0 Å². The monoisotopic (exact) mass is 822 g/mol. The van der Waals surface area contributed by atoms with Crippen LogP contribution in [0.1, 0.15) is 98.8 Å². The Balaban J connectivity index is -0.0000000964. The van der Waals surface area contributed by atoms with Crippen molar-refractivity contribution in [2.75, 3.05) is 0 Å². The second-order valence-corrected chi connectivity index (χ2v) is 10.0. The van der Waals surface area contributed by atoms with Crippen LogP contribution in [0, 0.1) is 29.6 Å². The second-order valence-electron chi connectivity index (χ2n) is 10.0. The van der Waals surface area contributed by atoms with Gasteiger partial charge in [-0.2, -0.15) is 0 Å². The molecule has 0 rings (SSSR count). The molecule has 5 atom stereocenters. The fraction of sp³-hybridized carbons (Fsp3) is 0.667. The molecule has 5 unspecified atom stereocenters. The molecule has 290 valence electrons. The van der Waals surface area contributed by atoms with E-state index in [1.165, 1.54) is 0 Å². The normalized spacial score (nSPS) is 12.0. The largest absolute Gasteiger partial charge is 5.00 e. The van der Waals surface area contributed by atoms with E-state index in [1.54, 1.807) is 34.6 Å². The molecule has 0 aromatic rings. The molecular formula is C30H40O20V2. The van der Waals surface area contributed by atoms with Crippen LogP contribution in [0.25, 0.3) is 0 Å². The summed E-state index contributed by atoms with van der Waals surface area (Å²) >= 11 is 0. The Bertz CT molecular complexity index is 913. The summed E-state index contributed by atoms with van der Waals surface area (Å²) in [7, 11) is 0. The van der Waals surface area contributed by atoms with Gasteiger partial charge in [-0.05, 0) is 64.2 Å². The van der Waals surface area contributed by atoms with Crippen molar-refractivity contribution in [1.29, 1.82) is 0 Å². The Hall–Kier alpha value is -4.13.